The first kappa shape index (κ1) is 21.2. The first-order valence-electron chi connectivity index (χ1n) is 10.3. The number of ether oxygens (including phenoxy) is 2. The fourth-order valence-electron chi connectivity index (χ4n) is 3.53. The maximum absolute atomic E-state index is 12.7. The summed E-state index contributed by atoms with van der Waals surface area (Å²) in [5, 5.41) is 4.64. The number of amides is 1. The zero-order valence-electron chi connectivity index (χ0n) is 17.5. The number of methoxy groups -OCH3 is 1. The van der Waals surface area contributed by atoms with Crippen LogP contribution >= 0.6 is 11.6 Å². The smallest absolute Gasteiger partial charge is 0.232 e. The molecule has 1 aliphatic heterocycles. The standard InChI is InChI=1S/C23H24ClN3O4/c1-3-4-11-30-18-8-5-15(6-9-18)22-25-23(31-26-22)16-12-21(28)27(14-16)19-13-17(24)7-10-20(19)29-2/h5-10,13,16H,3-4,11-12,14H2,1-2H3. The molecule has 0 aliphatic carbocycles. The molecule has 31 heavy (non-hydrogen) atoms. The molecule has 8 heteroatoms. The van der Waals surface area contributed by atoms with Crippen molar-refractivity contribution in [1.29, 1.82) is 0 Å². The van der Waals surface area contributed by atoms with E-state index in [4.69, 9.17) is 25.6 Å². The van der Waals surface area contributed by atoms with Crippen molar-refractivity contribution in [3.8, 4) is 22.9 Å². The number of hydrogen-bond acceptors (Lipinski definition) is 6. The lowest BCUT2D eigenvalue weighted by Crippen LogP contribution is -2.24. The van der Waals surface area contributed by atoms with Crippen molar-refractivity contribution in [2.45, 2.75) is 32.1 Å². The van der Waals surface area contributed by atoms with Gasteiger partial charge in [0.05, 0.1) is 25.3 Å². The van der Waals surface area contributed by atoms with Crippen LogP contribution in [0.4, 0.5) is 5.69 Å². The molecular weight excluding hydrogens is 418 g/mol. The summed E-state index contributed by atoms with van der Waals surface area (Å²) in [4.78, 5) is 18.9. The van der Waals surface area contributed by atoms with Gasteiger partial charge in [0.15, 0.2) is 0 Å². The lowest BCUT2D eigenvalue weighted by molar-refractivity contribution is -0.117. The maximum atomic E-state index is 12.7. The summed E-state index contributed by atoms with van der Waals surface area (Å²) in [5.74, 6) is 2.09. The molecule has 0 spiro atoms. The van der Waals surface area contributed by atoms with E-state index in [0.29, 0.717) is 41.3 Å². The van der Waals surface area contributed by atoms with Gasteiger partial charge in [-0.15, -0.1) is 0 Å². The third-order valence-electron chi connectivity index (χ3n) is 5.23. The monoisotopic (exact) mass is 441 g/mol. The Balaban J connectivity index is 1.47. The Morgan fingerprint density at radius 1 is 1.23 bits per heavy atom. The van der Waals surface area contributed by atoms with Gasteiger partial charge in [-0.2, -0.15) is 4.98 Å². The summed E-state index contributed by atoms with van der Waals surface area (Å²) in [6.45, 7) is 3.25. The van der Waals surface area contributed by atoms with Crippen molar-refractivity contribution in [3.63, 3.8) is 0 Å². The van der Waals surface area contributed by atoms with Crippen LogP contribution in [0.15, 0.2) is 47.0 Å². The third kappa shape index (κ3) is 4.66. The second kappa shape index (κ2) is 9.39. The molecule has 0 bridgehead atoms. The zero-order valence-corrected chi connectivity index (χ0v) is 18.3. The van der Waals surface area contributed by atoms with E-state index >= 15 is 0 Å². The minimum absolute atomic E-state index is 0.0427. The fraction of sp³-hybridized carbons (Fsp3) is 0.348. The van der Waals surface area contributed by atoms with Gasteiger partial charge in [0, 0.05) is 23.6 Å². The molecular formula is C23H24ClN3O4. The van der Waals surface area contributed by atoms with Crippen LogP contribution in [0.3, 0.4) is 0 Å². The Labute approximate surface area is 185 Å². The molecule has 2 aromatic carbocycles. The highest BCUT2D eigenvalue weighted by atomic mass is 35.5. The molecule has 3 aromatic rings. The molecule has 0 radical (unpaired) electrons. The number of unbranched alkanes of at least 4 members (excludes halogenated alkanes) is 1. The number of anilines is 1. The van der Waals surface area contributed by atoms with Gasteiger partial charge in [-0.25, -0.2) is 0 Å². The van der Waals surface area contributed by atoms with Gasteiger partial charge in [0.1, 0.15) is 11.5 Å². The van der Waals surface area contributed by atoms with Crippen LogP contribution in [0, 0.1) is 0 Å². The predicted molar refractivity (Wildman–Crippen MR) is 118 cm³/mol. The summed E-state index contributed by atoms with van der Waals surface area (Å²) < 4.78 is 16.6. The van der Waals surface area contributed by atoms with Crippen molar-refractivity contribution in [3.05, 3.63) is 53.4 Å². The summed E-state index contributed by atoms with van der Waals surface area (Å²) in [6.07, 6.45) is 2.39. The highest BCUT2D eigenvalue weighted by Gasteiger charge is 2.36. The number of halogens is 1. The van der Waals surface area contributed by atoms with Gasteiger partial charge >= 0.3 is 0 Å². The molecule has 0 N–H and O–H groups in total. The number of aromatic nitrogens is 2. The van der Waals surface area contributed by atoms with E-state index in [1.165, 1.54) is 0 Å². The molecule has 1 unspecified atom stereocenters. The van der Waals surface area contributed by atoms with E-state index in [1.807, 2.05) is 24.3 Å². The molecule has 0 saturated carbocycles. The predicted octanol–water partition coefficient (Wildman–Crippen LogP) is 5.10. The Hall–Kier alpha value is -3.06. The van der Waals surface area contributed by atoms with Crippen molar-refractivity contribution in [2.75, 3.05) is 25.2 Å². The van der Waals surface area contributed by atoms with Crippen LogP contribution in [-0.2, 0) is 4.79 Å². The molecule has 1 amide bonds. The molecule has 1 aromatic heterocycles. The van der Waals surface area contributed by atoms with Crippen molar-refractivity contribution in [1.82, 2.24) is 10.1 Å². The largest absolute Gasteiger partial charge is 0.495 e. The second-order valence-electron chi connectivity index (χ2n) is 7.40. The van der Waals surface area contributed by atoms with Crippen LogP contribution in [0.5, 0.6) is 11.5 Å². The highest BCUT2D eigenvalue weighted by Crippen LogP contribution is 2.38. The SMILES string of the molecule is CCCCOc1ccc(-c2noc(C3CC(=O)N(c4cc(Cl)ccc4OC)C3)n2)cc1. The molecule has 1 atom stereocenters. The average molecular weight is 442 g/mol. The quantitative estimate of drug-likeness (QED) is 0.452. The van der Waals surface area contributed by atoms with E-state index in [-0.39, 0.29) is 18.2 Å². The van der Waals surface area contributed by atoms with Crippen molar-refractivity contribution >= 4 is 23.2 Å². The van der Waals surface area contributed by atoms with Crippen LogP contribution in [0.25, 0.3) is 11.4 Å². The molecule has 1 fully saturated rings. The lowest BCUT2D eigenvalue weighted by atomic mass is 10.1. The number of benzene rings is 2. The summed E-state index contributed by atoms with van der Waals surface area (Å²) >= 11 is 6.13. The fourth-order valence-corrected chi connectivity index (χ4v) is 3.70. The van der Waals surface area contributed by atoms with Crippen molar-refractivity contribution < 1.29 is 18.8 Å². The van der Waals surface area contributed by atoms with Crippen LogP contribution in [-0.4, -0.2) is 36.3 Å². The molecule has 4 rings (SSSR count). The van der Waals surface area contributed by atoms with Crippen molar-refractivity contribution in [2.24, 2.45) is 0 Å². The number of rotatable bonds is 8. The number of carbonyl (C=O) groups is 1. The van der Waals surface area contributed by atoms with Crippen LogP contribution in [0.1, 0.15) is 38.0 Å². The molecule has 2 heterocycles. The van der Waals surface area contributed by atoms with E-state index in [0.717, 1.165) is 24.2 Å². The molecule has 7 nitrogen and oxygen atoms in total. The molecule has 1 aliphatic rings. The lowest BCUT2D eigenvalue weighted by Gasteiger charge is -2.19. The second-order valence-corrected chi connectivity index (χ2v) is 7.84. The van der Waals surface area contributed by atoms with Gasteiger partial charge in [-0.1, -0.05) is 30.1 Å². The Kier molecular flexibility index (Phi) is 6.42. The van der Waals surface area contributed by atoms with Crippen LogP contribution in [0.2, 0.25) is 5.02 Å². The summed E-state index contributed by atoms with van der Waals surface area (Å²) in [5.41, 5.74) is 1.47. The average Bonchev–Trinajstić information content (AvgIpc) is 3.41. The first-order chi connectivity index (χ1) is 15.1. The van der Waals surface area contributed by atoms with Gasteiger partial charge < -0.3 is 18.9 Å². The third-order valence-corrected chi connectivity index (χ3v) is 5.46. The highest BCUT2D eigenvalue weighted by molar-refractivity contribution is 6.31. The Bertz CT molecular complexity index is 1050. The zero-order chi connectivity index (χ0) is 21.8. The van der Waals surface area contributed by atoms with Crippen LogP contribution < -0.4 is 14.4 Å². The molecule has 1 saturated heterocycles. The van der Waals surface area contributed by atoms with E-state index in [2.05, 4.69) is 17.1 Å². The summed E-state index contributed by atoms with van der Waals surface area (Å²) in [6, 6.07) is 12.8. The van der Waals surface area contributed by atoms with Gasteiger partial charge in [0.25, 0.3) is 0 Å². The maximum Gasteiger partial charge on any atom is 0.232 e. The van der Waals surface area contributed by atoms with E-state index in [1.54, 1.807) is 30.2 Å². The first-order valence-corrected chi connectivity index (χ1v) is 10.7. The molecule has 162 valence electrons. The Morgan fingerprint density at radius 3 is 2.77 bits per heavy atom. The van der Waals surface area contributed by atoms with Gasteiger partial charge in [0.2, 0.25) is 17.6 Å². The summed E-state index contributed by atoms with van der Waals surface area (Å²) in [7, 11) is 1.56. The number of carbonyl (C=O) groups excluding carboxylic acids is 1. The Morgan fingerprint density at radius 2 is 2.03 bits per heavy atom. The minimum atomic E-state index is -0.200. The number of hydrogen-bond donors (Lipinski definition) is 0. The van der Waals surface area contributed by atoms with Gasteiger partial charge in [-0.05, 0) is 48.9 Å². The van der Waals surface area contributed by atoms with E-state index in [9.17, 15) is 4.79 Å². The topological polar surface area (TPSA) is 77.7 Å². The van der Waals surface area contributed by atoms with Gasteiger partial charge in [-0.3, -0.25) is 4.79 Å². The number of nitrogens with zero attached hydrogens (tertiary/aromatic N) is 3. The van der Waals surface area contributed by atoms with E-state index < -0.39 is 0 Å². The minimum Gasteiger partial charge on any atom is -0.495 e. The normalized spacial score (nSPS) is 16.0.